The fourth-order valence-corrected chi connectivity index (χ4v) is 2.53. The first-order valence-electron chi connectivity index (χ1n) is 6.26. The van der Waals surface area contributed by atoms with Crippen LogP contribution in [0.5, 0.6) is 0 Å². The number of nitrogen functional groups attached to an aromatic ring is 1. The molecule has 0 unspecified atom stereocenters. The predicted molar refractivity (Wildman–Crippen MR) is 82.2 cm³/mol. The molecule has 0 saturated heterocycles. The van der Waals surface area contributed by atoms with Gasteiger partial charge in [-0.25, -0.2) is 0 Å². The Hall–Kier alpha value is -1.41. The van der Waals surface area contributed by atoms with Gasteiger partial charge in [0.25, 0.3) is 0 Å². The maximum Gasteiger partial charge on any atom is 0.0455 e. The molecule has 0 heterocycles. The molecule has 0 saturated carbocycles. The zero-order valence-electron chi connectivity index (χ0n) is 11.5. The van der Waals surface area contributed by atoms with Crippen LogP contribution in [-0.4, -0.2) is 0 Å². The van der Waals surface area contributed by atoms with E-state index in [1.807, 2.05) is 32.0 Å². The minimum Gasteiger partial charge on any atom is -0.398 e. The summed E-state index contributed by atoms with van der Waals surface area (Å²) >= 11 is 1.72. The molecule has 0 spiro atoms. The first-order chi connectivity index (χ1) is 8.66. The van der Waals surface area contributed by atoms with Gasteiger partial charge in [0.05, 0.1) is 0 Å². The first-order valence-corrected chi connectivity index (χ1v) is 7.08. The molecule has 2 aromatic carbocycles. The molecule has 0 radical (unpaired) electrons. The van der Waals surface area contributed by atoms with Crippen LogP contribution in [0.3, 0.4) is 0 Å². The standard InChI is InChI=1S/C14H15NS.C2H6/c1-10-7-8-13(11(2)9-10)16-14-6-4-3-5-12(14)15;1-2/h3-9H,15H2,1-2H3;1-2H3. The lowest BCUT2D eigenvalue weighted by atomic mass is 10.2. The third-order valence-corrected chi connectivity index (χ3v) is 3.74. The van der Waals surface area contributed by atoms with Crippen molar-refractivity contribution in [2.45, 2.75) is 37.5 Å². The van der Waals surface area contributed by atoms with Crippen molar-refractivity contribution in [3.05, 3.63) is 53.6 Å². The Morgan fingerprint density at radius 3 is 2.17 bits per heavy atom. The van der Waals surface area contributed by atoms with Gasteiger partial charge >= 0.3 is 0 Å². The van der Waals surface area contributed by atoms with Crippen molar-refractivity contribution in [1.82, 2.24) is 0 Å². The minimum absolute atomic E-state index is 0.840. The zero-order valence-corrected chi connectivity index (χ0v) is 12.3. The number of para-hydroxylation sites is 1. The molecule has 2 heteroatoms. The summed E-state index contributed by atoms with van der Waals surface area (Å²) in [6, 6.07) is 14.5. The second-order valence-electron chi connectivity index (χ2n) is 3.91. The highest BCUT2D eigenvalue weighted by Gasteiger charge is 2.03. The summed E-state index contributed by atoms with van der Waals surface area (Å²) < 4.78 is 0. The number of rotatable bonds is 2. The number of hydrogen-bond acceptors (Lipinski definition) is 2. The lowest BCUT2D eigenvalue weighted by molar-refractivity contribution is 1.26. The van der Waals surface area contributed by atoms with E-state index < -0.39 is 0 Å². The number of benzene rings is 2. The van der Waals surface area contributed by atoms with E-state index in [0.717, 1.165) is 10.6 Å². The van der Waals surface area contributed by atoms with E-state index >= 15 is 0 Å². The predicted octanol–water partition coefficient (Wildman–Crippen LogP) is 5.06. The summed E-state index contributed by atoms with van der Waals surface area (Å²) in [6.45, 7) is 8.24. The van der Waals surface area contributed by atoms with Gasteiger partial charge in [-0.1, -0.05) is 55.4 Å². The second-order valence-corrected chi connectivity index (χ2v) is 4.99. The van der Waals surface area contributed by atoms with E-state index in [-0.39, 0.29) is 0 Å². The Morgan fingerprint density at radius 1 is 0.889 bits per heavy atom. The molecule has 0 amide bonds. The van der Waals surface area contributed by atoms with Gasteiger partial charge in [-0.15, -0.1) is 0 Å². The highest BCUT2D eigenvalue weighted by Crippen LogP contribution is 2.33. The summed E-state index contributed by atoms with van der Waals surface area (Å²) in [7, 11) is 0. The Morgan fingerprint density at radius 2 is 1.56 bits per heavy atom. The SMILES string of the molecule is CC.Cc1ccc(Sc2ccccc2N)c(C)c1. The Balaban J connectivity index is 0.000000771. The molecule has 0 aromatic heterocycles. The summed E-state index contributed by atoms with van der Waals surface area (Å²) in [4.78, 5) is 2.39. The summed E-state index contributed by atoms with van der Waals surface area (Å²) in [5, 5.41) is 0. The molecule has 18 heavy (non-hydrogen) atoms. The fraction of sp³-hybridized carbons (Fsp3) is 0.250. The minimum atomic E-state index is 0.840. The number of hydrogen-bond donors (Lipinski definition) is 1. The average Bonchev–Trinajstić information content (AvgIpc) is 2.38. The quantitative estimate of drug-likeness (QED) is 0.763. The van der Waals surface area contributed by atoms with Crippen molar-refractivity contribution in [2.75, 3.05) is 5.73 Å². The van der Waals surface area contributed by atoms with Crippen molar-refractivity contribution in [2.24, 2.45) is 0 Å². The highest BCUT2D eigenvalue weighted by atomic mass is 32.2. The molecule has 0 bridgehead atoms. The molecule has 0 atom stereocenters. The summed E-state index contributed by atoms with van der Waals surface area (Å²) in [5.74, 6) is 0. The van der Waals surface area contributed by atoms with Gasteiger partial charge in [0.15, 0.2) is 0 Å². The zero-order chi connectivity index (χ0) is 13.5. The van der Waals surface area contributed by atoms with Crippen molar-refractivity contribution in [1.29, 1.82) is 0 Å². The topological polar surface area (TPSA) is 26.0 Å². The molecule has 2 rings (SSSR count). The van der Waals surface area contributed by atoms with Crippen LogP contribution in [0.4, 0.5) is 5.69 Å². The molecule has 0 aliphatic rings. The van der Waals surface area contributed by atoms with E-state index in [2.05, 4.69) is 38.1 Å². The van der Waals surface area contributed by atoms with E-state index in [1.54, 1.807) is 11.8 Å². The Labute approximate surface area is 114 Å². The van der Waals surface area contributed by atoms with Crippen molar-refractivity contribution in [3.63, 3.8) is 0 Å². The van der Waals surface area contributed by atoms with Gasteiger partial charge in [-0.05, 0) is 37.6 Å². The normalized spacial score (nSPS) is 9.56. The molecule has 0 aliphatic heterocycles. The molecular formula is C16H21NS. The molecular weight excluding hydrogens is 238 g/mol. The van der Waals surface area contributed by atoms with Crippen LogP contribution in [0.1, 0.15) is 25.0 Å². The number of nitrogens with two attached hydrogens (primary N) is 1. The molecule has 0 fully saturated rings. The second kappa shape index (κ2) is 7.12. The molecule has 2 N–H and O–H groups in total. The lowest BCUT2D eigenvalue weighted by Crippen LogP contribution is -1.88. The molecule has 0 aliphatic carbocycles. The third kappa shape index (κ3) is 3.81. The molecule has 2 aromatic rings. The van der Waals surface area contributed by atoms with Gasteiger partial charge in [-0.3, -0.25) is 0 Å². The average molecular weight is 259 g/mol. The van der Waals surface area contributed by atoms with Gasteiger partial charge in [0.2, 0.25) is 0 Å². The van der Waals surface area contributed by atoms with Gasteiger partial charge in [0, 0.05) is 15.5 Å². The Bertz CT molecular complexity index is 506. The maximum atomic E-state index is 5.93. The van der Waals surface area contributed by atoms with Crippen LogP contribution < -0.4 is 5.73 Å². The van der Waals surface area contributed by atoms with E-state index in [4.69, 9.17) is 5.73 Å². The third-order valence-electron chi connectivity index (χ3n) is 2.47. The number of aryl methyl sites for hydroxylation is 2. The van der Waals surface area contributed by atoms with E-state index in [9.17, 15) is 0 Å². The van der Waals surface area contributed by atoms with Crippen LogP contribution in [0.15, 0.2) is 52.3 Å². The Kier molecular flexibility index (Phi) is 5.79. The number of anilines is 1. The summed E-state index contributed by atoms with van der Waals surface area (Å²) in [5.41, 5.74) is 9.36. The van der Waals surface area contributed by atoms with Crippen LogP contribution in [0.2, 0.25) is 0 Å². The van der Waals surface area contributed by atoms with Gasteiger partial charge < -0.3 is 5.73 Å². The molecule has 1 nitrogen and oxygen atoms in total. The van der Waals surface area contributed by atoms with Gasteiger partial charge in [0.1, 0.15) is 0 Å². The largest absolute Gasteiger partial charge is 0.398 e. The van der Waals surface area contributed by atoms with E-state index in [1.165, 1.54) is 16.0 Å². The van der Waals surface area contributed by atoms with E-state index in [0.29, 0.717) is 0 Å². The van der Waals surface area contributed by atoms with Crippen LogP contribution >= 0.6 is 11.8 Å². The highest BCUT2D eigenvalue weighted by molar-refractivity contribution is 7.99. The van der Waals surface area contributed by atoms with Crippen LogP contribution in [0.25, 0.3) is 0 Å². The first kappa shape index (κ1) is 14.7. The van der Waals surface area contributed by atoms with Crippen molar-refractivity contribution >= 4 is 17.4 Å². The fourth-order valence-electron chi connectivity index (χ4n) is 1.61. The maximum absolute atomic E-state index is 5.93. The van der Waals surface area contributed by atoms with Crippen LogP contribution in [0, 0.1) is 13.8 Å². The van der Waals surface area contributed by atoms with Gasteiger partial charge in [-0.2, -0.15) is 0 Å². The monoisotopic (exact) mass is 259 g/mol. The van der Waals surface area contributed by atoms with Crippen molar-refractivity contribution in [3.8, 4) is 0 Å². The lowest BCUT2D eigenvalue weighted by Gasteiger charge is -2.08. The molecule has 96 valence electrons. The summed E-state index contributed by atoms with van der Waals surface area (Å²) in [6.07, 6.45) is 0. The smallest absolute Gasteiger partial charge is 0.0455 e. The van der Waals surface area contributed by atoms with Crippen LogP contribution in [-0.2, 0) is 0 Å². The van der Waals surface area contributed by atoms with Crippen molar-refractivity contribution < 1.29 is 0 Å².